The lowest BCUT2D eigenvalue weighted by atomic mass is 9.88. The topological polar surface area (TPSA) is 92.4 Å². The van der Waals surface area contributed by atoms with Gasteiger partial charge in [-0.05, 0) is 5.56 Å². The van der Waals surface area contributed by atoms with Crippen molar-refractivity contribution in [2.24, 2.45) is 5.73 Å². The van der Waals surface area contributed by atoms with E-state index in [9.17, 15) is 14.7 Å². The molecule has 0 radical (unpaired) electrons. The van der Waals surface area contributed by atoms with Gasteiger partial charge >= 0.3 is 5.97 Å². The van der Waals surface area contributed by atoms with Crippen LogP contribution in [0, 0.1) is 0 Å². The molecule has 0 aromatic heterocycles. The molecule has 0 saturated heterocycles. The maximum atomic E-state index is 11.2. The van der Waals surface area contributed by atoms with E-state index in [0.717, 1.165) is 5.56 Å². The van der Waals surface area contributed by atoms with E-state index in [1.807, 2.05) is 6.07 Å². The van der Waals surface area contributed by atoms with Gasteiger partial charge in [0.2, 0.25) is 5.91 Å². The molecule has 0 aliphatic heterocycles. The molecule has 0 bridgehead atoms. The first-order valence-electron chi connectivity index (χ1n) is 5.24. The molecule has 0 aliphatic carbocycles. The number of nitrogens with one attached hydrogen (secondary N) is 1. The number of benzene rings is 1. The molecule has 2 atom stereocenters. The summed E-state index contributed by atoms with van der Waals surface area (Å²) in [6, 6.07) is 8.96. The predicted molar refractivity (Wildman–Crippen MR) is 63.2 cm³/mol. The Balaban J connectivity index is 3.07. The minimum Gasteiger partial charge on any atom is -0.478 e. The van der Waals surface area contributed by atoms with Crippen molar-refractivity contribution in [1.82, 2.24) is 5.32 Å². The van der Waals surface area contributed by atoms with Crippen LogP contribution in [0.25, 0.3) is 0 Å². The fourth-order valence-corrected chi connectivity index (χ4v) is 1.64. The summed E-state index contributed by atoms with van der Waals surface area (Å²) >= 11 is 0. The lowest BCUT2D eigenvalue weighted by Crippen LogP contribution is -2.64. The van der Waals surface area contributed by atoms with Gasteiger partial charge in [0.25, 0.3) is 0 Å². The van der Waals surface area contributed by atoms with Crippen LogP contribution < -0.4 is 11.1 Å². The highest BCUT2D eigenvalue weighted by Gasteiger charge is 2.41. The zero-order valence-electron chi connectivity index (χ0n) is 9.81. The minimum atomic E-state index is -1.80. The van der Waals surface area contributed by atoms with Crippen LogP contribution in [0.3, 0.4) is 0 Å². The number of amides is 1. The summed E-state index contributed by atoms with van der Waals surface area (Å²) in [6.45, 7) is 2.90. The maximum absolute atomic E-state index is 11.2. The monoisotopic (exact) mass is 236 g/mol. The molecular weight excluding hydrogens is 220 g/mol. The van der Waals surface area contributed by atoms with Crippen molar-refractivity contribution < 1.29 is 14.7 Å². The van der Waals surface area contributed by atoms with E-state index < -0.39 is 23.5 Å². The Morgan fingerprint density at radius 2 is 1.88 bits per heavy atom. The van der Waals surface area contributed by atoms with Gasteiger partial charge in [-0.1, -0.05) is 37.3 Å². The summed E-state index contributed by atoms with van der Waals surface area (Å²) in [5.41, 5.74) is 4.74. The molecule has 1 rings (SSSR count). The van der Waals surface area contributed by atoms with Crippen LogP contribution in [0.15, 0.2) is 30.3 Å². The third kappa shape index (κ3) is 2.82. The second-order valence-corrected chi connectivity index (χ2v) is 3.99. The zero-order chi connectivity index (χ0) is 13.1. The number of hydrogen-bond donors (Lipinski definition) is 3. The van der Waals surface area contributed by atoms with Gasteiger partial charge in [0.05, 0.1) is 0 Å². The summed E-state index contributed by atoms with van der Waals surface area (Å²) < 4.78 is 0. The van der Waals surface area contributed by atoms with Crippen molar-refractivity contribution in [3.63, 3.8) is 0 Å². The number of hydrogen-bond acceptors (Lipinski definition) is 3. The Hall–Kier alpha value is -1.88. The van der Waals surface area contributed by atoms with Gasteiger partial charge in [0, 0.05) is 12.8 Å². The highest BCUT2D eigenvalue weighted by molar-refractivity contribution is 5.86. The molecule has 4 N–H and O–H groups in total. The lowest BCUT2D eigenvalue weighted by Gasteiger charge is -2.32. The first-order valence-corrected chi connectivity index (χ1v) is 5.24. The lowest BCUT2D eigenvalue weighted by molar-refractivity contribution is -0.148. The van der Waals surface area contributed by atoms with Crippen molar-refractivity contribution in [2.45, 2.75) is 25.4 Å². The Morgan fingerprint density at radius 3 is 2.29 bits per heavy atom. The van der Waals surface area contributed by atoms with Gasteiger partial charge in [-0.2, -0.15) is 0 Å². The number of nitrogens with two attached hydrogens (primary N) is 1. The molecule has 5 nitrogen and oxygen atoms in total. The first-order chi connectivity index (χ1) is 7.88. The number of aliphatic carboxylic acids is 1. The molecule has 1 aromatic carbocycles. The minimum absolute atomic E-state index is 0.474. The van der Waals surface area contributed by atoms with E-state index in [-0.39, 0.29) is 0 Å². The van der Waals surface area contributed by atoms with Crippen molar-refractivity contribution >= 4 is 11.9 Å². The average molecular weight is 236 g/mol. The Morgan fingerprint density at radius 1 is 1.35 bits per heavy atom. The summed E-state index contributed by atoms with van der Waals surface area (Å²) in [5.74, 6) is -2.27. The van der Waals surface area contributed by atoms with Crippen molar-refractivity contribution in [3.05, 3.63) is 35.9 Å². The Bertz CT molecular complexity index is 419. The standard InChI is InChI=1S/C12H16N2O3/c1-8(10-6-4-3-5-7-10)12(13,11(16)17)14-9(2)15/h3-8H,13H2,1-2H3,(H,14,15)(H,16,17)/t8?,12-/m1/s1. The summed E-state index contributed by atoms with van der Waals surface area (Å²) in [5, 5.41) is 11.5. The molecule has 0 heterocycles. The van der Waals surface area contributed by atoms with Crippen molar-refractivity contribution in [1.29, 1.82) is 0 Å². The van der Waals surface area contributed by atoms with Crippen molar-refractivity contribution in [3.8, 4) is 0 Å². The molecule has 5 heteroatoms. The molecule has 0 saturated carbocycles. The predicted octanol–water partition coefficient (Wildman–Crippen LogP) is 0.666. The number of carboxylic acids is 1. The molecule has 1 amide bonds. The molecule has 0 fully saturated rings. The number of carbonyl (C=O) groups excluding carboxylic acids is 1. The second-order valence-electron chi connectivity index (χ2n) is 3.99. The molecule has 92 valence electrons. The highest BCUT2D eigenvalue weighted by Crippen LogP contribution is 2.24. The third-order valence-corrected chi connectivity index (χ3v) is 2.72. The van der Waals surface area contributed by atoms with E-state index in [0.29, 0.717) is 0 Å². The van der Waals surface area contributed by atoms with Crippen LogP contribution in [0.4, 0.5) is 0 Å². The van der Waals surface area contributed by atoms with Gasteiger partial charge in [-0.25, -0.2) is 4.79 Å². The summed E-state index contributed by atoms with van der Waals surface area (Å²) in [4.78, 5) is 22.3. The second kappa shape index (κ2) is 4.97. The van der Waals surface area contributed by atoms with E-state index in [1.165, 1.54) is 6.92 Å². The van der Waals surface area contributed by atoms with Gasteiger partial charge in [0.1, 0.15) is 0 Å². The number of carbonyl (C=O) groups is 2. The largest absolute Gasteiger partial charge is 0.478 e. The van der Waals surface area contributed by atoms with E-state index >= 15 is 0 Å². The number of rotatable bonds is 4. The van der Waals surface area contributed by atoms with Crippen LogP contribution in [0.2, 0.25) is 0 Å². The fraction of sp³-hybridized carbons (Fsp3) is 0.333. The average Bonchev–Trinajstić information content (AvgIpc) is 2.28. The van der Waals surface area contributed by atoms with Crippen LogP contribution in [0.5, 0.6) is 0 Å². The van der Waals surface area contributed by atoms with Gasteiger partial charge in [-0.3, -0.25) is 10.5 Å². The quantitative estimate of drug-likeness (QED) is 0.670. The van der Waals surface area contributed by atoms with E-state index in [1.54, 1.807) is 31.2 Å². The van der Waals surface area contributed by atoms with E-state index in [4.69, 9.17) is 5.73 Å². The molecule has 0 spiro atoms. The fourth-order valence-electron chi connectivity index (χ4n) is 1.64. The van der Waals surface area contributed by atoms with Gasteiger partial charge in [0.15, 0.2) is 5.66 Å². The number of carboxylic acid groups (broad SMARTS) is 1. The summed E-state index contributed by atoms with van der Waals surface area (Å²) in [7, 11) is 0. The van der Waals surface area contributed by atoms with E-state index in [2.05, 4.69) is 5.32 Å². The van der Waals surface area contributed by atoms with Crippen LogP contribution in [-0.4, -0.2) is 22.6 Å². The Kier molecular flexibility index (Phi) is 3.85. The third-order valence-electron chi connectivity index (χ3n) is 2.72. The molecule has 17 heavy (non-hydrogen) atoms. The van der Waals surface area contributed by atoms with Crippen LogP contribution in [0.1, 0.15) is 25.3 Å². The summed E-state index contributed by atoms with van der Waals surface area (Å²) in [6.07, 6.45) is 0. The molecule has 0 aliphatic rings. The van der Waals surface area contributed by atoms with Crippen LogP contribution >= 0.6 is 0 Å². The normalized spacial score (nSPS) is 15.7. The molecular formula is C12H16N2O3. The van der Waals surface area contributed by atoms with Crippen molar-refractivity contribution in [2.75, 3.05) is 0 Å². The molecule has 1 unspecified atom stereocenters. The van der Waals surface area contributed by atoms with Gasteiger partial charge < -0.3 is 10.4 Å². The maximum Gasteiger partial charge on any atom is 0.345 e. The molecule has 1 aromatic rings. The first kappa shape index (κ1) is 13.2. The SMILES string of the molecule is CC(=O)N[C@@](N)(C(=O)O)C(C)c1ccccc1. The highest BCUT2D eigenvalue weighted by atomic mass is 16.4. The van der Waals surface area contributed by atoms with Crippen LogP contribution in [-0.2, 0) is 9.59 Å². The van der Waals surface area contributed by atoms with Gasteiger partial charge in [-0.15, -0.1) is 0 Å². The smallest absolute Gasteiger partial charge is 0.345 e. The Labute approximate surface area is 99.6 Å². The zero-order valence-corrected chi connectivity index (χ0v) is 9.81.